The van der Waals surface area contributed by atoms with Crippen LogP contribution in [0.2, 0.25) is 0 Å². The lowest BCUT2D eigenvalue weighted by Gasteiger charge is -2.18. The third kappa shape index (κ3) is 3.06. The lowest BCUT2D eigenvalue weighted by atomic mass is 9.86. The van der Waals surface area contributed by atoms with Crippen molar-refractivity contribution in [2.75, 3.05) is 0 Å². The van der Waals surface area contributed by atoms with Gasteiger partial charge in [-0.2, -0.15) is 0 Å². The van der Waals surface area contributed by atoms with Gasteiger partial charge in [-0.3, -0.25) is 0 Å². The molecule has 27 heavy (non-hydrogen) atoms. The van der Waals surface area contributed by atoms with Gasteiger partial charge in [0.05, 0.1) is 0 Å². The van der Waals surface area contributed by atoms with Crippen LogP contribution >= 0.6 is 0 Å². The van der Waals surface area contributed by atoms with Crippen LogP contribution in [0, 0.1) is 0 Å². The Labute approximate surface area is 161 Å². The van der Waals surface area contributed by atoms with Gasteiger partial charge in [0.25, 0.3) is 0 Å². The van der Waals surface area contributed by atoms with E-state index in [0.717, 1.165) is 6.42 Å². The maximum absolute atomic E-state index is 2.35. The number of fused-ring (bicyclic) bond motifs is 6. The normalized spacial score (nSPS) is 14.5. The zero-order valence-electron chi connectivity index (χ0n) is 15.6. The molecule has 0 saturated heterocycles. The number of hydrogen-bond acceptors (Lipinski definition) is 0. The lowest BCUT2D eigenvalue weighted by molar-refractivity contribution is 0.690. The van der Waals surface area contributed by atoms with Crippen LogP contribution in [0.1, 0.15) is 35.1 Å². The van der Waals surface area contributed by atoms with Crippen molar-refractivity contribution in [3.05, 3.63) is 101 Å². The van der Waals surface area contributed by atoms with Crippen molar-refractivity contribution in [3.63, 3.8) is 0 Å². The summed E-state index contributed by atoms with van der Waals surface area (Å²) in [6, 6.07) is 26.5. The van der Waals surface area contributed by atoms with Crippen LogP contribution in [0.5, 0.6) is 0 Å². The first-order valence-corrected chi connectivity index (χ1v) is 10.1. The first-order valence-electron chi connectivity index (χ1n) is 10.1. The Hall–Kier alpha value is -2.86. The molecule has 0 bridgehead atoms. The first kappa shape index (κ1) is 16.3. The van der Waals surface area contributed by atoms with Crippen LogP contribution in [0.15, 0.2) is 78.9 Å². The smallest absolute Gasteiger partial charge is 0.00882 e. The summed E-state index contributed by atoms with van der Waals surface area (Å²) in [6.45, 7) is 0. The fourth-order valence-electron chi connectivity index (χ4n) is 4.54. The molecule has 4 aromatic rings. The predicted molar refractivity (Wildman–Crippen MR) is 117 cm³/mol. The van der Waals surface area contributed by atoms with Crippen LogP contribution < -0.4 is 0 Å². The maximum atomic E-state index is 2.35. The third-order valence-electron chi connectivity index (χ3n) is 5.95. The lowest BCUT2D eigenvalue weighted by Crippen LogP contribution is -2.02. The van der Waals surface area contributed by atoms with Gasteiger partial charge in [-0.05, 0) is 75.9 Å². The Bertz CT molecular complexity index is 1150. The summed E-state index contributed by atoms with van der Waals surface area (Å²) in [6.07, 6.45) is 10.7. The molecule has 0 aliphatic heterocycles. The van der Waals surface area contributed by atoms with E-state index in [1.165, 1.54) is 58.4 Å². The van der Waals surface area contributed by atoms with Crippen LogP contribution in [-0.4, -0.2) is 0 Å². The van der Waals surface area contributed by atoms with Gasteiger partial charge in [0.15, 0.2) is 0 Å². The molecule has 0 saturated carbocycles. The van der Waals surface area contributed by atoms with Gasteiger partial charge in [-0.15, -0.1) is 0 Å². The Morgan fingerprint density at radius 3 is 2.33 bits per heavy atom. The topological polar surface area (TPSA) is 0 Å². The number of allylic oxidation sites excluding steroid dienone is 1. The van der Waals surface area contributed by atoms with Gasteiger partial charge >= 0.3 is 0 Å². The molecule has 2 aliphatic rings. The van der Waals surface area contributed by atoms with Gasteiger partial charge in [-0.1, -0.05) is 84.9 Å². The highest BCUT2D eigenvalue weighted by atomic mass is 14.2. The highest BCUT2D eigenvalue weighted by molar-refractivity contribution is 6.08. The first-order chi connectivity index (χ1) is 13.4. The third-order valence-corrected chi connectivity index (χ3v) is 5.95. The molecule has 0 heterocycles. The predicted octanol–water partition coefficient (Wildman–Crippen LogP) is 7.13. The summed E-state index contributed by atoms with van der Waals surface area (Å²) in [4.78, 5) is 0. The van der Waals surface area contributed by atoms with Crippen LogP contribution in [-0.2, 0) is 19.3 Å². The highest BCUT2D eigenvalue weighted by Crippen LogP contribution is 2.33. The minimum absolute atomic E-state index is 1.12. The molecular formula is C27H24. The summed E-state index contributed by atoms with van der Waals surface area (Å²) in [5, 5.41) is 5.64. The van der Waals surface area contributed by atoms with E-state index in [1.807, 2.05) is 0 Å². The molecular weight excluding hydrogens is 324 g/mol. The second kappa shape index (κ2) is 7.04. The molecule has 0 aromatic heterocycles. The molecule has 2 aliphatic carbocycles. The number of rotatable bonds is 0. The fourth-order valence-corrected chi connectivity index (χ4v) is 4.54. The molecule has 0 nitrogen and oxygen atoms in total. The Balaban J connectivity index is 0.000000149. The van der Waals surface area contributed by atoms with E-state index in [-0.39, 0.29) is 0 Å². The molecule has 0 unspecified atom stereocenters. The monoisotopic (exact) mass is 348 g/mol. The van der Waals surface area contributed by atoms with Gasteiger partial charge in [0.2, 0.25) is 0 Å². The van der Waals surface area contributed by atoms with E-state index < -0.39 is 0 Å². The maximum Gasteiger partial charge on any atom is -0.00882 e. The second-order valence-corrected chi connectivity index (χ2v) is 7.60. The van der Waals surface area contributed by atoms with Crippen LogP contribution in [0.4, 0.5) is 0 Å². The van der Waals surface area contributed by atoms with Crippen molar-refractivity contribution in [3.8, 4) is 0 Å². The van der Waals surface area contributed by atoms with E-state index in [0.29, 0.717) is 0 Å². The summed E-state index contributed by atoms with van der Waals surface area (Å²) >= 11 is 0. The quantitative estimate of drug-likeness (QED) is 0.297. The van der Waals surface area contributed by atoms with Gasteiger partial charge in [0.1, 0.15) is 0 Å². The Morgan fingerprint density at radius 2 is 1.37 bits per heavy atom. The highest BCUT2D eigenvalue weighted by Gasteiger charge is 2.13. The standard InChI is InChI=1S/C18H16.C9H8/c1-3-7-15-13(5-1)9-11-18-16-8-4-2-6-14(16)10-12-17(15)18;1-2-5-9-7-3-6-8(9)4-1/h1,3,5,7,9-12H,2,4,6,8H2;1-6H,7H2. The van der Waals surface area contributed by atoms with E-state index in [4.69, 9.17) is 0 Å². The molecule has 0 N–H and O–H groups in total. The van der Waals surface area contributed by atoms with Crippen LogP contribution in [0.25, 0.3) is 27.6 Å². The summed E-state index contributed by atoms with van der Waals surface area (Å²) < 4.78 is 0. The minimum Gasteiger partial charge on any atom is -0.0795 e. The molecule has 0 spiro atoms. The zero-order valence-corrected chi connectivity index (χ0v) is 15.6. The summed E-state index contributed by atoms with van der Waals surface area (Å²) in [5.41, 5.74) is 6.02. The largest absolute Gasteiger partial charge is 0.0795 e. The number of aryl methyl sites for hydroxylation is 2. The summed E-state index contributed by atoms with van der Waals surface area (Å²) in [7, 11) is 0. The van der Waals surface area contributed by atoms with Gasteiger partial charge in [0, 0.05) is 0 Å². The van der Waals surface area contributed by atoms with Crippen molar-refractivity contribution in [1.29, 1.82) is 0 Å². The Morgan fingerprint density at radius 1 is 0.556 bits per heavy atom. The van der Waals surface area contributed by atoms with E-state index >= 15 is 0 Å². The Kier molecular flexibility index (Phi) is 4.26. The minimum atomic E-state index is 1.12. The number of benzene rings is 4. The van der Waals surface area contributed by atoms with E-state index in [2.05, 4.69) is 84.9 Å². The van der Waals surface area contributed by atoms with E-state index in [9.17, 15) is 0 Å². The molecule has 0 heteroatoms. The molecule has 0 radical (unpaired) electrons. The van der Waals surface area contributed by atoms with Crippen molar-refractivity contribution >= 4 is 27.6 Å². The average Bonchev–Trinajstić information content (AvgIpc) is 3.23. The zero-order chi connectivity index (χ0) is 18.1. The molecule has 0 amide bonds. The van der Waals surface area contributed by atoms with E-state index in [1.54, 1.807) is 11.1 Å². The van der Waals surface area contributed by atoms with Crippen molar-refractivity contribution in [2.45, 2.75) is 32.1 Å². The molecule has 0 fully saturated rings. The van der Waals surface area contributed by atoms with Crippen LogP contribution in [0.3, 0.4) is 0 Å². The fraction of sp³-hybridized carbons (Fsp3) is 0.185. The number of hydrogen-bond donors (Lipinski definition) is 0. The molecule has 0 atom stereocenters. The van der Waals surface area contributed by atoms with Gasteiger partial charge < -0.3 is 0 Å². The van der Waals surface area contributed by atoms with Crippen molar-refractivity contribution in [2.24, 2.45) is 0 Å². The molecule has 6 rings (SSSR count). The molecule has 132 valence electrons. The second-order valence-electron chi connectivity index (χ2n) is 7.60. The van der Waals surface area contributed by atoms with Gasteiger partial charge in [-0.25, -0.2) is 0 Å². The molecule has 4 aromatic carbocycles. The van der Waals surface area contributed by atoms with Crippen molar-refractivity contribution < 1.29 is 0 Å². The average molecular weight is 348 g/mol. The van der Waals surface area contributed by atoms with Crippen molar-refractivity contribution in [1.82, 2.24) is 0 Å². The SMILES string of the molecule is C1=Cc2ccccc2C1.c1ccc2c(c1)ccc1c3c(ccc12)CCCC3. The summed E-state index contributed by atoms with van der Waals surface area (Å²) in [5.74, 6) is 0.